The highest BCUT2D eigenvalue weighted by Gasteiger charge is 2.43. The van der Waals surface area contributed by atoms with Crippen molar-refractivity contribution in [2.24, 2.45) is 11.8 Å². The molecule has 1 saturated heterocycles. The van der Waals surface area contributed by atoms with Gasteiger partial charge in [-0.05, 0) is 57.7 Å². The summed E-state index contributed by atoms with van der Waals surface area (Å²) < 4.78 is 38.7. The Balaban J connectivity index is 1.89. The van der Waals surface area contributed by atoms with Crippen molar-refractivity contribution in [3.63, 3.8) is 0 Å². The summed E-state index contributed by atoms with van der Waals surface area (Å²) in [5, 5.41) is 3.39. The first-order valence-electron chi connectivity index (χ1n) is 8.02. The molecule has 20 heavy (non-hydrogen) atoms. The van der Waals surface area contributed by atoms with Crippen LogP contribution in [0, 0.1) is 11.8 Å². The van der Waals surface area contributed by atoms with Crippen molar-refractivity contribution >= 4 is 0 Å². The summed E-state index contributed by atoms with van der Waals surface area (Å²) in [6.07, 6.45) is 0.663. The Kier molecular flexibility index (Phi) is 5.73. The molecule has 0 spiro atoms. The highest BCUT2D eigenvalue weighted by molar-refractivity contribution is 4.85. The van der Waals surface area contributed by atoms with E-state index >= 15 is 0 Å². The van der Waals surface area contributed by atoms with E-state index in [1.807, 2.05) is 0 Å². The number of alkyl halides is 3. The monoisotopic (exact) mass is 292 g/mol. The van der Waals surface area contributed by atoms with E-state index in [4.69, 9.17) is 0 Å². The molecule has 5 heteroatoms. The molecule has 0 radical (unpaired) electrons. The standard InChI is InChI=1S/C15H27F3N2/c1-2-20(11-12-5-4-8-19-10-12)14-7-3-6-13(9-14)15(16,17)18/h12-14,19H,2-11H2,1H3. The maximum Gasteiger partial charge on any atom is 0.391 e. The molecule has 2 fully saturated rings. The molecule has 3 atom stereocenters. The fourth-order valence-corrected chi connectivity index (χ4v) is 3.74. The minimum absolute atomic E-state index is 0.127. The van der Waals surface area contributed by atoms with Gasteiger partial charge in [0.05, 0.1) is 5.92 Å². The fourth-order valence-electron chi connectivity index (χ4n) is 3.74. The smallest absolute Gasteiger partial charge is 0.316 e. The maximum atomic E-state index is 12.9. The number of hydrogen-bond acceptors (Lipinski definition) is 2. The van der Waals surface area contributed by atoms with Gasteiger partial charge in [-0.15, -0.1) is 0 Å². The Morgan fingerprint density at radius 3 is 2.55 bits per heavy atom. The number of halogens is 3. The molecule has 2 aliphatic rings. The lowest BCUT2D eigenvalue weighted by atomic mass is 9.84. The Hall–Kier alpha value is -0.290. The van der Waals surface area contributed by atoms with Gasteiger partial charge in [0.2, 0.25) is 0 Å². The Morgan fingerprint density at radius 2 is 1.95 bits per heavy atom. The van der Waals surface area contributed by atoms with Crippen molar-refractivity contribution in [3.05, 3.63) is 0 Å². The van der Waals surface area contributed by atoms with Crippen molar-refractivity contribution in [2.75, 3.05) is 26.2 Å². The molecule has 0 amide bonds. The van der Waals surface area contributed by atoms with Crippen LogP contribution < -0.4 is 5.32 Å². The van der Waals surface area contributed by atoms with Gasteiger partial charge in [0.1, 0.15) is 0 Å². The third-order valence-electron chi connectivity index (χ3n) is 4.92. The van der Waals surface area contributed by atoms with Gasteiger partial charge < -0.3 is 10.2 Å². The predicted octanol–water partition coefficient (Wildman–Crippen LogP) is 3.43. The molecule has 1 saturated carbocycles. The molecule has 0 bridgehead atoms. The largest absolute Gasteiger partial charge is 0.391 e. The number of nitrogens with one attached hydrogen (secondary N) is 1. The minimum Gasteiger partial charge on any atom is -0.316 e. The molecule has 0 aromatic rings. The van der Waals surface area contributed by atoms with E-state index in [2.05, 4.69) is 17.1 Å². The van der Waals surface area contributed by atoms with Crippen LogP contribution in [0.3, 0.4) is 0 Å². The third-order valence-corrected chi connectivity index (χ3v) is 4.92. The summed E-state index contributed by atoms with van der Waals surface area (Å²) in [6.45, 7) is 6.01. The van der Waals surface area contributed by atoms with Gasteiger partial charge in [-0.1, -0.05) is 13.3 Å². The first kappa shape index (κ1) is 16.1. The summed E-state index contributed by atoms with van der Waals surface area (Å²) in [4.78, 5) is 2.30. The summed E-state index contributed by atoms with van der Waals surface area (Å²) >= 11 is 0. The molecule has 3 unspecified atom stereocenters. The van der Waals surface area contributed by atoms with Crippen LogP contribution in [0.4, 0.5) is 13.2 Å². The van der Waals surface area contributed by atoms with Gasteiger partial charge in [0.15, 0.2) is 0 Å². The fraction of sp³-hybridized carbons (Fsp3) is 1.00. The van der Waals surface area contributed by atoms with Gasteiger partial charge in [-0.2, -0.15) is 13.2 Å². The second-order valence-corrected chi connectivity index (χ2v) is 6.36. The molecular formula is C15H27F3N2. The van der Waals surface area contributed by atoms with Gasteiger partial charge in [0, 0.05) is 12.6 Å². The molecular weight excluding hydrogens is 265 g/mol. The summed E-state index contributed by atoms with van der Waals surface area (Å²) in [5.41, 5.74) is 0. The van der Waals surface area contributed by atoms with Crippen LogP contribution in [-0.2, 0) is 0 Å². The Labute approximate surface area is 120 Å². The van der Waals surface area contributed by atoms with E-state index in [1.165, 1.54) is 12.8 Å². The Morgan fingerprint density at radius 1 is 1.15 bits per heavy atom. The minimum atomic E-state index is -4.01. The first-order chi connectivity index (χ1) is 9.50. The quantitative estimate of drug-likeness (QED) is 0.854. The van der Waals surface area contributed by atoms with Gasteiger partial charge in [0.25, 0.3) is 0 Å². The number of nitrogens with zero attached hydrogens (tertiary/aromatic N) is 1. The van der Waals surface area contributed by atoms with Crippen LogP contribution in [0.1, 0.15) is 45.4 Å². The molecule has 2 nitrogen and oxygen atoms in total. The van der Waals surface area contributed by atoms with Crippen LogP contribution in [-0.4, -0.2) is 43.3 Å². The molecule has 0 aromatic heterocycles. The normalized spacial score (nSPS) is 32.5. The summed E-state index contributed by atoms with van der Waals surface area (Å²) in [7, 11) is 0. The highest BCUT2D eigenvalue weighted by Crippen LogP contribution is 2.39. The van der Waals surface area contributed by atoms with Gasteiger partial charge in [-0.3, -0.25) is 0 Å². The molecule has 0 aromatic carbocycles. The van der Waals surface area contributed by atoms with E-state index in [1.54, 1.807) is 0 Å². The number of rotatable bonds is 4. The molecule has 1 aliphatic heterocycles. The zero-order chi connectivity index (χ0) is 14.6. The maximum absolute atomic E-state index is 12.9. The first-order valence-corrected chi connectivity index (χ1v) is 8.02. The number of hydrogen-bond donors (Lipinski definition) is 1. The van der Waals surface area contributed by atoms with Crippen molar-refractivity contribution in [1.29, 1.82) is 0 Å². The van der Waals surface area contributed by atoms with Crippen LogP contribution in [0.2, 0.25) is 0 Å². The van der Waals surface area contributed by atoms with E-state index in [-0.39, 0.29) is 6.04 Å². The van der Waals surface area contributed by atoms with Gasteiger partial charge >= 0.3 is 6.18 Å². The van der Waals surface area contributed by atoms with Crippen LogP contribution >= 0.6 is 0 Å². The SMILES string of the molecule is CCN(CC1CCCNC1)C1CCCC(C(F)(F)F)C1. The number of piperidine rings is 1. The van der Waals surface area contributed by atoms with E-state index in [0.717, 1.165) is 32.6 Å². The molecule has 118 valence electrons. The zero-order valence-corrected chi connectivity index (χ0v) is 12.4. The van der Waals surface area contributed by atoms with Gasteiger partial charge in [-0.25, -0.2) is 0 Å². The Bertz CT molecular complexity index is 287. The molecule has 2 rings (SSSR count). The lowest BCUT2D eigenvalue weighted by molar-refractivity contribution is -0.186. The highest BCUT2D eigenvalue weighted by atomic mass is 19.4. The van der Waals surface area contributed by atoms with Crippen LogP contribution in [0.5, 0.6) is 0 Å². The molecule has 1 N–H and O–H groups in total. The third kappa shape index (κ3) is 4.35. The van der Waals surface area contributed by atoms with E-state index in [0.29, 0.717) is 25.2 Å². The van der Waals surface area contributed by atoms with Crippen LogP contribution in [0.25, 0.3) is 0 Å². The van der Waals surface area contributed by atoms with E-state index < -0.39 is 12.1 Å². The molecule has 1 aliphatic carbocycles. The lowest BCUT2D eigenvalue weighted by Crippen LogP contribution is -2.46. The second-order valence-electron chi connectivity index (χ2n) is 6.36. The summed E-state index contributed by atoms with van der Waals surface area (Å²) in [5.74, 6) is -0.477. The zero-order valence-electron chi connectivity index (χ0n) is 12.4. The lowest BCUT2D eigenvalue weighted by Gasteiger charge is -2.39. The average Bonchev–Trinajstić information content (AvgIpc) is 2.45. The van der Waals surface area contributed by atoms with Crippen LogP contribution in [0.15, 0.2) is 0 Å². The average molecular weight is 292 g/mol. The molecule has 1 heterocycles. The predicted molar refractivity (Wildman–Crippen MR) is 74.6 cm³/mol. The summed E-state index contributed by atoms with van der Waals surface area (Å²) in [6, 6.07) is 0.127. The van der Waals surface area contributed by atoms with E-state index in [9.17, 15) is 13.2 Å². The topological polar surface area (TPSA) is 15.3 Å². The second kappa shape index (κ2) is 7.12. The van der Waals surface area contributed by atoms with Crippen molar-refractivity contribution < 1.29 is 13.2 Å². The van der Waals surface area contributed by atoms with Crippen molar-refractivity contribution in [2.45, 2.75) is 57.7 Å². The van der Waals surface area contributed by atoms with Crippen molar-refractivity contribution in [1.82, 2.24) is 10.2 Å². The van der Waals surface area contributed by atoms with Crippen molar-refractivity contribution in [3.8, 4) is 0 Å².